The van der Waals surface area contributed by atoms with E-state index >= 15 is 0 Å². The zero-order valence-corrected chi connectivity index (χ0v) is 32.5. The number of hydrogen-bond donors (Lipinski definition) is 0. The Hall–Kier alpha value is -4.12. The Morgan fingerprint density at radius 2 is 0.882 bits per heavy atom. The molecule has 4 rings (SSSR count). The maximum atomic E-state index is 13.3. The van der Waals surface area contributed by atoms with E-state index in [9.17, 15) is 27.2 Å². The zero-order valence-electron chi connectivity index (χ0n) is 32.5. The smallest absolute Gasteiger partial charge is 0.254 e. The quantitative estimate of drug-likeness (QED) is 0.152. The molecule has 3 aromatic rings. The molecule has 0 radical (unpaired) electrons. The molecule has 1 saturated heterocycles. The first-order valence-corrected chi connectivity index (χ1v) is 16.7. The molecule has 1 heterocycles. The van der Waals surface area contributed by atoms with Gasteiger partial charge in [0.1, 0.15) is 28.3 Å². The van der Waals surface area contributed by atoms with Gasteiger partial charge in [-0.25, -0.2) is 8.78 Å². The van der Waals surface area contributed by atoms with Crippen molar-refractivity contribution in [1.82, 2.24) is 5.06 Å². The lowest BCUT2D eigenvalue weighted by atomic mass is 10.1. The van der Waals surface area contributed by atoms with Crippen molar-refractivity contribution in [1.29, 1.82) is 0 Å². The van der Waals surface area contributed by atoms with Gasteiger partial charge in [0.15, 0.2) is 17.4 Å². The van der Waals surface area contributed by atoms with Crippen molar-refractivity contribution in [3.63, 3.8) is 0 Å². The first-order valence-electron chi connectivity index (χ1n) is 16.7. The fraction of sp³-hybridized carbons (Fsp3) is 0.500. The third-order valence-corrected chi connectivity index (χ3v) is 5.83. The summed E-state index contributed by atoms with van der Waals surface area (Å²) < 4.78 is 69.1. The van der Waals surface area contributed by atoms with E-state index in [1.165, 1.54) is 26.3 Å². The van der Waals surface area contributed by atoms with Crippen molar-refractivity contribution >= 4 is 11.8 Å². The monoisotopic (exact) mass is 721 g/mol. The summed E-state index contributed by atoms with van der Waals surface area (Å²) in [6.45, 7) is 25.2. The third kappa shape index (κ3) is 17.6. The summed E-state index contributed by atoms with van der Waals surface area (Å²) in [5, 5.41) is 0.875. The number of carbonyl (C=O) groups excluding carboxylic acids is 2. The number of carbonyl (C=O) groups is 2. The second-order valence-corrected chi connectivity index (χ2v) is 15.8. The number of nitrogens with zero attached hydrogens (tertiary/aromatic N) is 1. The van der Waals surface area contributed by atoms with Crippen molar-refractivity contribution in [3.8, 4) is 17.2 Å². The van der Waals surface area contributed by atoms with E-state index in [0.717, 1.165) is 23.5 Å². The van der Waals surface area contributed by atoms with Crippen LogP contribution in [0.5, 0.6) is 17.2 Å². The predicted molar refractivity (Wildman–Crippen MR) is 192 cm³/mol. The summed E-state index contributed by atoms with van der Waals surface area (Å²) >= 11 is 0. The highest BCUT2D eigenvalue weighted by atomic mass is 19.2. The molecule has 0 aliphatic carbocycles. The summed E-state index contributed by atoms with van der Waals surface area (Å²) in [5.74, 6) is -5.51. The minimum absolute atomic E-state index is 0.0959. The SMILES string of the molecule is CC(C)(C)ON1C(=O)CCC1=O.CC(C)(C)Oc1ccccc1.Cc1c(F)c(F)c(OC(C)(C)C)c(F)c1F.Cc1ccc(OC(C)(C)C)cc1. The fourth-order valence-corrected chi connectivity index (χ4v) is 3.85. The van der Waals surface area contributed by atoms with Crippen LogP contribution in [0.2, 0.25) is 0 Å². The molecule has 11 heteroatoms. The molecule has 1 aliphatic rings. The van der Waals surface area contributed by atoms with Gasteiger partial charge in [0, 0.05) is 18.4 Å². The van der Waals surface area contributed by atoms with E-state index in [4.69, 9.17) is 19.0 Å². The minimum Gasteiger partial charge on any atom is -0.488 e. The van der Waals surface area contributed by atoms with Crippen LogP contribution in [-0.4, -0.2) is 39.3 Å². The zero-order chi connectivity index (χ0) is 39.5. The number of para-hydroxylation sites is 1. The highest BCUT2D eigenvalue weighted by Crippen LogP contribution is 2.32. The second kappa shape index (κ2) is 18.4. The molecule has 51 heavy (non-hydrogen) atoms. The van der Waals surface area contributed by atoms with Crippen LogP contribution in [0.15, 0.2) is 54.6 Å². The van der Waals surface area contributed by atoms with Gasteiger partial charge in [0.2, 0.25) is 11.6 Å². The standard InChI is InChI=1S/C11H12F4O.C11H16O.C10H14O.C8H13NO3/c1-5-6(12)8(14)10(9(15)7(5)13)16-11(2,3)4;1-9-5-7-10(8-6-9)12-11(2,3)4;1-10(2,3)11-9-7-5-4-6-8-9;1-8(2,3)12-9-6(10)4-5-7(9)11/h1-4H3;5-8H,1-4H3;4-8H,1-3H3;4-5H2,1-3H3. The number of aryl methyl sites for hydroxylation is 1. The number of ether oxygens (including phenoxy) is 3. The van der Waals surface area contributed by atoms with Crippen molar-refractivity contribution in [2.75, 3.05) is 0 Å². The lowest BCUT2D eigenvalue weighted by Crippen LogP contribution is -2.37. The maximum Gasteiger partial charge on any atom is 0.254 e. The van der Waals surface area contributed by atoms with E-state index in [2.05, 4.69) is 19.1 Å². The Bertz CT molecular complexity index is 1520. The molecule has 0 aromatic heterocycles. The van der Waals surface area contributed by atoms with Crippen molar-refractivity contribution in [2.45, 2.75) is 132 Å². The van der Waals surface area contributed by atoms with Crippen LogP contribution in [-0.2, 0) is 14.4 Å². The Balaban J connectivity index is 0.000000344. The summed E-state index contributed by atoms with van der Waals surface area (Å²) in [4.78, 5) is 27.2. The molecule has 0 N–H and O–H groups in total. The molecule has 7 nitrogen and oxygen atoms in total. The molecule has 0 spiro atoms. The van der Waals surface area contributed by atoms with Crippen LogP contribution < -0.4 is 14.2 Å². The van der Waals surface area contributed by atoms with Crippen molar-refractivity contribution < 1.29 is 46.2 Å². The predicted octanol–water partition coefficient (Wildman–Crippen LogP) is 10.6. The molecule has 1 aliphatic heterocycles. The molecule has 0 atom stereocenters. The van der Waals surface area contributed by atoms with Crippen LogP contribution in [0.4, 0.5) is 17.6 Å². The van der Waals surface area contributed by atoms with E-state index in [1.54, 1.807) is 20.8 Å². The molecule has 284 valence electrons. The molecule has 0 bridgehead atoms. The molecule has 1 fully saturated rings. The normalized spacial score (nSPS) is 13.3. The van der Waals surface area contributed by atoms with Gasteiger partial charge in [0.25, 0.3) is 11.8 Å². The van der Waals surface area contributed by atoms with Crippen LogP contribution in [0.1, 0.15) is 107 Å². The molecular weight excluding hydrogens is 666 g/mol. The van der Waals surface area contributed by atoms with Gasteiger partial charge in [-0.15, -0.1) is 0 Å². The average molecular weight is 722 g/mol. The summed E-state index contributed by atoms with van der Waals surface area (Å²) in [6.07, 6.45) is 0.545. The minimum atomic E-state index is -1.51. The Morgan fingerprint density at radius 3 is 1.24 bits per heavy atom. The maximum absolute atomic E-state index is 13.3. The lowest BCUT2D eigenvalue weighted by Gasteiger charge is -2.24. The number of hydroxylamine groups is 2. The number of benzene rings is 3. The number of amides is 2. The molecule has 2 amide bonds. The summed E-state index contributed by atoms with van der Waals surface area (Å²) in [7, 11) is 0. The van der Waals surface area contributed by atoms with Crippen molar-refractivity contribution in [2.24, 2.45) is 0 Å². The van der Waals surface area contributed by atoms with Gasteiger partial charge in [-0.3, -0.25) is 14.4 Å². The Morgan fingerprint density at radius 1 is 0.510 bits per heavy atom. The molecule has 0 saturated carbocycles. The molecular formula is C40H55F4NO6. The first-order chi connectivity index (χ1) is 23.1. The topological polar surface area (TPSA) is 74.3 Å². The average Bonchev–Trinajstić information content (AvgIpc) is 3.29. The van der Waals surface area contributed by atoms with Crippen LogP contribution >= 0.6 is 0 Å². The highest BCUT2D eigenvalue weighted by molar-refractivity contribution is 6.00. The van der Waals surface area contributed by atoms with Crippen LogP contribution in [0.3, 0.4) is 0 Å². The molecule has 0 unspecified atom stereocenters. The van der Waals surface area contributed by atoms with E-state index in [1.807, 2.05) is 84.0 Å². The van der Waals surface area contributed by atoms with E-state index in [-0.39, 0.29) is 35.9 Å². The third-order valence-electron chi connectivity index (χ3n) is 5.83. The highest BCUT2D eigenvalue weighted by Gasteiger charge is 2.33. The molecule has 3 aromatic carbocycles. The number of hydrogen-bond acceptors (Lipinski definition) is 6. The lowest BCUT2D eigenvalue weighted by molar-refractivity contribution is -0.218. The van der Waals surface area contributed by atoms with E-state index in [0.29, 0.717) is 0 Å². The van der Waals surface area contributed by atoms with Gasteiger partial charge in [-0.05, 0) is 121 Å². The Kier molecular flexibility index (Phi) is 16.2. The van der Waals surface area contributed by atoms with Gasteiger partial charge in [-0.2, -0.15) is 13.8 Å². The van der Waals surface area contributed by atoms with Crippen molar-refractivity contribution in [3.05, 3.63) is 89.0 Å². The summed E-state index contributed by atoms with van der Waals surface area (Å²) in [5.41, 5.74) is -1.07. The summed E-state index contributed by atoms with van der Waals surface area (Å²) in [6, 6.07) is 18.0. The number of rotatable bonds is 4. The second-order valence-electron chi connectivity index (χ2n) is 15.8. The number of halogens is 4. The van der Waals surface area contributed by atoms with Gasteiger partial charge >= 0.3 is 0 Å². The van der Waals surface area contributed by atoms with Gasteiger partial charge in [-0.1, -0.05) is 35.9 Å². The van der Waals surface area contributed by atoms with Gasteiger partial charge < -0.3 is 14.2 Å². The van der Waals surface area contributed by atoms with E-state index < -0.39 is 45.8 Å². The van der Waals surface area contributed by atoms with Crippen LogP contribution in [0.25, 0.3) is 0 Å². The first kappa shape index (κ1) is 44.9. The number of imide groups is 1. The van der Waals surface area contributed by atoms with Crippen LogP contribution in [0, 0.1) is 37.1 Å². The largest absolute Gasteiger partial charge is 0.488 e. The Labute approximate surface area is 301 Å². The fourth-order valence-electron chi connectivity index (χ4n) is 3.85. The van der Waals surface area contributed by atoms with Gasteiger partial charge in [0.05, 0.1) is 5.60 Å².